The SMILES string of the molecule is C[C@@H]1CCCC[C@H]1NC(=O)CN1CCN(C(=O)c2ccco2)CC1. The van der Waals surface area contributed by atoms with Gasteiger partial charge in [-0.05, 0) is 30.9 Å². The monoisotopic (exact) mass is 333 g/mol. The molecule has 2 heterocycles. The van der Waals surface area contributed by atoms with E-state index >= 15 is 0 Å². The molecule has 6 heteroatoms. The molecule has 2 atom stereocenters. The largest absolute Gasteiger partial charge is 0.459 e. The van der Waals surface area contributed by atoms with Gasteiger partial charge in [-0.3, -0.25) is 14.5 Å². The van der Waals surface area contributed by atoms with Crippen molar-refractivity contribution in [1.82, 2.24) is 15.1 Å². The average Bonchev–Trinajstić information content (AvgIpc) is 3.11. The lowest BCUT2D eigenvalue weighted by Crippen LogP contribution is -2.52. The second kappa shape index (κ2) is 7.83. The van der Waals surface area contributed by atoms with Crippen LogP contribution in [-0.4, -0.2) is 60.4 Å². The highest BCUT2D eigenvalue weighted by Gasteiger charge is 2.26. The number of hydrogen-bond donors (Lipinski definition) is 1. The number of furan rings is 1. The van der Waals surface area contributed by atoms with Gasteiger partial charge in [-0.1, -0.05) is 19.8 Å². The Hall–Kier alpha value is -1.82. The summed E-state index contributed by atoms with van der Waals surface area (Å²) in [4.78, 5) is 28.4. The molecular formula is C18H27N3O3. The van der Waals surface area contributed by atoms with Gasteiger partial charge in [0.25, 0.3) is 5.91 Å². The van der Waals surface area contributed by atoms with Crippen LogP contribution in [0.5, 0.6) is 0 Å². The first-order valence-electron chi connectivity index (χ1n) is 8.98. The van der Waals surface area contributed by atoms with Gasteiger partial charge in [0.15, 0.2) is 5.76 Å². The summed E-state index contributed by atoms with van der Waals surface area (Å²) in [6.07, 6.45) is 6.30. The minimum atomic E-state index is -0.0693. The Kier molecular flexibility index (Phi) is 5.56. The van der Waals surface area contributed by atoms with Crippen LogP contribution in [0.15, 0.2) is 22.8 Å². The molecule has 1 aliphatic heterocycles. The van der Waals surface area contributed by atoms with Crippen molar-refractivity contribution in [2.45, 2.75) is 38.6 Å². The van der Waals surface area contributed by atoms with Gasteiger partial charge >= 0.3 is 0 Å². The molecule has 2 fully saturated rings. The van der Waals surface area contributed by atoms with Crippen molar-refractivity contribution in [3.63, 3.8) is 0 Å². The van der Waals surface area contributed by atoms with E-state index in [1.165, 1.54) is 25.5 Å². The predicted molar refractivity (Wildman–Crippen MR) is 90.6 cm³/mol. The summed E-state index contributed by atoms with van der Waals surface area (Å²) >= 11 is 0. The van der Waals surface area contributed by atoms with E-state index in [9.17, 15) is 9.59 Å². The molecule has 24 heavy (non-hydrogen) atoms. The number of carbonyl (C=O) groups excluding carboxylic acids is 2. The molecule has 6 nitrogen and oxygen atoms in total. The van der Waals surface area contributed by atoms with Crippen molar-refractivity contribution in [3.8, 4) is 0 Å². The molecule has 1 N–H and O–H groups in total. The van der Waals surface area contributed by atoms with Crippen LogP contribution in [0.3, 0.4) is 0 Å². The Morgan fingerprint density at radius 2 is 1.96 bits per heavy atom. The van der Waals surface area contributed by atoms with Crippen LogP contribution >= 0.6 is 0 Å². The number of carbonyl (C=O) groups is 2. The van der Waals surface area contributed by atoms with Crippen LogP contribution in [0.2, 0.25) is 0 Å². The summed E-state index contributed by atoms with van der Waals surface area (Å²) in [5.74, 6) is 0.998. The molecule has 1 saturated carbocycles. The third kappa shape index (κ3) is 4.17. The van der Waals surface area contributed by atoms with Crippen molar-refractivity contribution in [2.24, 2.45) is 5.92 Å². The van der Waals surface area contributed by atoms with Crippen molar-refractivity contribution < 1.29 is 14.0 Å². The van der Waals surface area contributed by atoms with E-state index in [2.05, 4.69) is 17.1 Å². The first-order valence-corrected chi connectivity index (χ1v) is 8.98. The maximum Gasteiger partial charge on any atom is 0.289 e. The van der Waals surface area contributed by atoms with E-state index in [0.717, 1.165) is 19.5 Å². The second-order valence-electron chi connectivity index (χ2n) is 6.98. The molecule has 1 saturated heterocycles. The minimum absolute atomic E-state index is 0.0693. The summed E-state index contributed by atoms with van der Waals surface area (Å²) in [5, 5.41) is 3.20. The molecule has 1 aromatic rings. The van der Waals surface area contributed by atoms with Crippen molar-refractivity contribution in [2.75, 3.05) is 32.7 Å². The van der Waals surface area contributed by atoms with Crippen LogP contribution < -0.4 is 5.32 Å². The molecule has 2 amide bonds. The van der Waals surface area contributed by atoms with Gasteiger partial charge < -0.3 is 14.6 Å². The van der Waals surface area contributed by atoms with Gasteiger partial charge in [0.05, 0.1) is 12.8 Å². The molecule has 2 aliphatic rings. The Balaban J connectivity index is 1.42. The highest BCUT2D eigenvalue weighted by atomic mass is 16.3. The lowest BCUT2D eigenvalue weighted by molar-refractivity contribution is -0.123. The van der Waals surface area contributed by atoms with Gasteiger partial charge in [-0.2, -0.15) is 0 Å². The molecule has 0 unspecified atom stereocenters. The molecule has 1 aliphatic carbocycles. The van der Waals surface area contributed by atoms with Crippen LogP contribution in [0, 0.1) is 5.92 Å². The molecular weight excluding hydrogens is 306 g/mol. The fourth-order valence-electron chi connectivity index (χ4n) is 3.65. The number of rotatable bonds is 4. The first-order chi connectivity index (χ1) is 11.6. The zero-order valence-electron chi connectivity index (χ0n) is 14.4. The highest BCUT2D eigenvalue weighted by Crippen LogP contribution is 2.23. The van der Waals surface area contributed by atoms with Crippen LogP contribution in [0.1, 0.15) is 43.2 Å². The fraction of sp³-hybridized carbons (Fsp3) is 0.667. The third-order valence-electron chi connectivity index (χ3n) is 5.22. The van der Waals surface area contributed by atoms with E-state index in [4.69, 9.17) is 4.42 Å². The molecule has 0 bridgehead atoms. The van der Waals surface area contributed by atoms with Gasteiger partial charge in [-0.25, -0.2) is 0 Å². The number of piperazine rings is 1. The van der Waals surface area contributed by atoms with Crippen LogP contribution in [0.4, 0.5) is 0 Å². The summed E-state index contributed by atoms with van der Waals surface area (Å²) in [5.41, 5.74) is 0. The number of hydrogen-bond acceptors (Lipinski definition) is 4. The Labute approximate surface area is 143 Å². The summed E-state index contributed by atoms with van der Waals surface area (Å²) in [7, 11) is 0. The maximum absolute atomic E-state index is 12.3. The smallest absolute Gasteiger partial charge is 0.289 e. The summed E-state index contributed by atoms with van der Waals surface area (Å²) in [6.45, 7) is 5.36. The second-order valence-corrected chi connectivity index (χ2v) is 6.98. The van der Waals surface area contributed by atoms with Crippen LogP contribution in [0.25, 0.3) is 0 Å². The van der Waals surface area contributed by atoms with E-state index in [-0.39, 0.29) is 11.8 Å². The summed E-state index contributed by atoms with van der Waals surface area (Å²) in [6, 6.07) is 3.74. The Bertz CT molecular complexity index is 550. The van der Waals surface area contributed by atoms with Crippen molar-refractivity contribution in [3.05, 3.63) is 24.2 Å². The Morgan fingerprint density at radius 3 is 2.62 bits per heavy atom. The number of nitrogens with zero attached hydrogens (tertiary/aromatic N) is 2. The lowest BCUT2D eigenvalue weighted by atomic mass is 9.86. The third-order valence-corrected chi connectivity index (χ3v) is 5.22. The zero-order chi connectivity index (χ0) is 16.9. The van der Waals surface area contributed by atoms with Gasteiger partial charge in [0, 0.05) is 32.2 Å². The first kappa shape index (κ1) is 17.0. The van der Waals surface area contributed by atoms with E-state index < -0.39 is 0 Å². The molecule has 0 radical (unpaired) electrons. The molecule has 132 valence electrons. The van der Waals surface area contributed by atoms with Gasteiger partial charge in [0.2, 0.25) is 5.91 Å². The molecule has 1 aromatic heterocycles. The van der Waals surface area contributed by atoms with E-state index in [1.807, 2.05) is 0 Å². The zero-order valence-corrected chi connectivity index (χ0v) is 14.4. The fourth-order valence-corrected chi connectivity index (χ4v) is 3.65. The van der Waals surface area contributed by atoms with Crippen molar-refractivity contribution >= 4 is 11.8 Å². The van der Waals surface area contributed by atoms with E-state index in [1.54, 1.807) is 17.0 Å². The van der Waals surface area contributed by atoms with Crippen LogP contribution in [-0.2, 0) is 4.79 Å². The average molecular weight is 333 g/mol. The maximum atomic E-state index is 12.3. The molecule has 0 spiro atoms. The quantitative estimate of drug-likeness (QED) is 0.911. The van der Waals surface area contributed by atoms with Gasteiger partial charge in [0.1, 0.15) is 0 Å². The summed E-state index contributed by atoms with van der Waals surface area (Å²) < 4.78 is 5.17. The van der Waals surface area contributed by atoms with E-state index in [0.29, 0.717) is 37.4 Å². The molecule has 3 rings (SSSR count). The number of nitrogens with one attached hydrogen (secondary N) is 1. The predicted octanol–water partition coefficient (Wildman–Crippen LogP) is 1.73. The Morgan fingerprint density at radius 1 is 1.21 bits per heavy atom. The normalized spacial score (nSPS) is 25.5. The van der Waals surface area contributed by atoms with Crippen molar-refractivity contribution in [1.29, 1.82) is 0 Å². The minimum Gasteiger partial charge on any atom is -0.459 e. The van der Waals surface area contributed by atoms with Gasteiger partial charge in [-0.15, -0.1) is 0 Å². The standard InChI is InChI=1S/C18H27N3O3/c1-14-5-2-3-6-15(14)19-17(22)13-20-8-10-21(11-9-20)18(23)16-7-4-12-24-16/h4,7,12,14-15H,2-3,5-6,8-11,13H2,1H3,(H,19,22)/t14-,15-/m1/s1. The lowest BCUT2D eigenvalue weighted by Gasteiger charge is -2.35. The topological polar surface area (TPSA) is 65.8 Å². The molecule has 0 aromatic carbocycles. The number of amides is 2. The highest BCUT2D eigenvalue weighted by molar-refractivity contribution is 5.91.